The van der Waals surface area contributed by atoms with Crippen molar-refractivity contribution in [1.82, 2.24) is 4.90 Å². The number of nitrogens with zero attached hydrogens (tertiary/aromatic N) is 1. The van der Waals surface area contributed by atoms with Crippen LogP contribution in [0.15, 0.2) is 60.7 Å². The maximum atomic E-state index is 2.64. The van der Waals surface area contributed by atoms with Crippen LogP contribution in [-0.4, -0.2) is 18.0 Å². The Hall–Kier alpha value is -1.60. The molecule has 1 nitrogen and oxygen atoms in total. The lowest BCUT2D eigenvalue weighted by atomic mass is 10.0. The first kappa shape index (κ1) is 12.4. The zero-order valence-electron chi connectivity index (χ0n) is 11.3. The van der Waals surface area contributed by atoms with E-state index in [-0.39, 0.29) is 0 Å². The fourth-order valence-corrected chi connectivity index (χ4v) is 3.06. The Morgan fingerprint density at radius 2 is 1.58 bits per heavy atom. The zero-order chi connectivity index (χ0) is 12.9. The van der Waals surface area contributed by atoms with Crippen molar-refractivity contribution in [1.29, 1.82) is 0 Å². The molecule has 3 rings (SSSR count). The predicted octanol–water partition coefficient (Wildman–Crippen LogP) is 4.07. The molecule has 19 heavy (non-hydrogen) atoms. The van der Waals surface area contributed by atoms with Crippen molar-refractivity contribution in [2.24, 2.45) is 0 Å². The van der Waals surface area contributed by atoms with Crippen molar-refractivity contribution in [3.8, 4) is 0 Å². The number of hydrogen-bond acceptors (Lipinski definition) is 1. The number of benzene rings is 2. The van der Waals surface area contributed by atoms with Crippen LogP contribution in [0.1, 0.15) is 30.0 Å². The summed E-state index contributed by atoms with van der Waals surface area (Å²) < 4.78 is 0. The molecule has 98 valence electrons. The molecule has 0 radical (unpaired) electrons. The summed E-state index contributed by atoms with van der Waals surface area (Å²) >= 11 is 0. The van der Waals surface area contributed by atoms with E-state index in [2.05, 4.69) is 65.6 Å². The van der Waals surface area contributed by atoms with Crippen LogP contribution in [-0.2, 0) is 6.42 Å². The van der Waals surface area contributed by atoms with E-state index in [0.717, 1.165) is 6.42 Å². The minimum absolute atomic E-state index is 0.630. The molecule has 1 aliphatic rings. The predicted molar refractivity (Wildman–Crippen MR) is 80.1 cm³/mol. The topological polar surface area (TPSA) is 3.24 Å². The Bertz CT molecular complexity index is 492. The molecule has 1 heteroatoms. The quantitative estimate of drug-likeness (QED) is 0.792. The van der Waals surface area contributed by atoms with Gasteiger partial charge in [0, 0.05) is 12.6 Å². The zero-order valence-corrected chi connectivity index (χ0v) is 11.3. The maximum absolute atomic E-state index is 2.64. The van der Waals surface area contributed by atoms with Crippen LogP contribution >= 0.6 is 0 Å². The van der Waals surface area contributed by atoms with Gasteiger partial charge in [-0.1, -0.05) is 60.7 Å². The second kappa shape index (κ2) is 6.03. The second-order valence-electron chi connectivity index (χ2n) is 5.34. The summed E-state index contributed by atoms with van der Waals surface area (Å²) in [5.41, 5.74) is 2.93. The van der Waals surface area contributed by atoms with Crippen LogP contribution in [0.3, 0.4) is 0 Å². The molecule has 2 aromatic carbocycles. The van der Waals surface area contributed by atoms with Crippen molar-refractivity contribution in [2.45, 2.75) is 25.3 Å². The number of rotatable bonds is 4. The average Bonchev–Trinajstić information content (AvgIpc) is 2.95. The van der Waals surface area contributed by atoms with Crippen molar-refractivity contribution >= 4 is 0 Å². The summed E-state index contributed by atoms with van der Waals surface area (Å²) in [4.78, 5) is 2.64. The molecule has 1 heterocycles. The molecule has 0 N–H and O–H groups in total. The Balaban J connectivity index is 1.64. The minimum Gasteiger partial charge on any atom is -0.296 e. The third kappa shape index (κ3) is 3.05. The Morgan fingerprint density at radius 1 is 0.895 bits per heavy atom. The van der Waals surface area contributed by atoms with E-state index in [1.54, 1.807) is 0 Å². The summed E-state index contributed by atoms with van der Waals surface area (Å²) in [5, 5.41) is 0. The third-order valence-electron chi connectivity index (χ3n) is 4.08. The first-order chi connectivity index (χ1) is 9.43. The van der Waals surface area contributed by atoms with Gasteiger partial charge in [-0.25, -0.2) is 0 Å². The molecule has 1 atom stereocenters. The van der Waals surface area contributed by atoms with E-state index in [0.29, 0.717) is 6.04 Å². The van der Waals surface area contributed by atoms with Crippen molar-refractivity contribution in [3.05, 3.63) is 71.8 Å². The first-order valence-electron chi connectivity index (χ1n) is 7.26. The third-order valence-corrected chi connectivity index (χ3v) is 4.08. The molecule has 0 aromatic heterocycles. The molecule has 0 unspecified atom stereocenters. The summed E-state index contributed by atoms with van der Waals surface area (Å²) in [6.07, 6.45) is 3.79. The summed E-state index contributed by atoms with van der Waals surface area (Å²) in [5.74, 6) is 0. The Kier molecular flexibility index (Phi) is 3.95. The Morgan fingerprint density at radius 3 is 2.32 bits per heavy atom. The van der Waals surface area contributed by atoms with Gasteiger partial charge in [-0.15, -0.1) is 0 Å². The molecule has 0 bridgehead atoms. The molecule has 0 saturated carbocycles. The van der Waals surface area contributed by atoms with Gasteiger partial charge in [0.25, 0.3) is 0 Å². The normalized spacial score (nSPS) is 19.7. The summed E-state index contributed by atoms with van der Waals surface area (Å²) in [6, 6.07) is 22.4. The number of hydrogen-bond donors (Lipinski definition) is 0. The van der Waals surface area contributed by atoms with Gasteiger partial charge in [0.15, 0.2) is 0 Å². The molecule has 1 fully saturated rings. The van der Waals surface area contributed by atoms with Gasteiger partial charge in [0.2, 0.25) is 0 Å². The van der Waals surface area contributed by atoms with E-state index >= 15 is 0 Å². The lowest BCUT2D eigenvalue weighted by Gasteiger charge is -2.24. The highest BCUT2D eigenvalue weighted by molar-refractivity contribution is 5.20. The van der Waals surface area contributed by atoms with Crippen molar-refractivity contribution < 1.29 is 0 Å². The van der Waals surface area contributed by atoms with Gasteiger partial charge < -0.3 is 0 Å². The summed E-state index contributed by atoms with van der Waals surface area (Å²) in [6.45, 7) is 2.41. The molecular weight excluding hydrogens is 230 g/mol. The highest BCUT2D eigenvalue weighted by Crippen LogP contribution is 2.31. The van der Waals surface area contributed by atoms with Crippen LogP contribution in [0.4, 0.5) is 0 Å². The SMILES string of the molecule is c1ccc(CCN2CCC[C@H]2c2ccccc2)cc1. The van der Waals surface area contributed by atoms with E-state index in [1.165, 1.54) is 37.1 Å². The van der Waals surface area contributed by atoms with Gasteiger partial charge in [-0.3, -0.25) is 4.90 Å². The monoisotopic (exact) mass is 251 g/mol. The number of likely N-dealkylation sites (tertiary alicyclic amines) is 1. The van der Waals surface area contributed by atoms with Gasteiger partial charge >= 0.3 is 0 Å². The Labute approximate surface area is 115 Å². The summed E-state index contributed by atoms with van der Waals surface area (Å²) in [7, 11) is 0. The largest absolute Gasteiger partial charge is 0.296 e. The lowest BCUT2D eigenvalue weighted by Crippen LogP contribution is -2.25. The van der Waals surface area contributed by atoms with E-state index in [9.17, 15) is 0 Å². The second-order valence-corrected chi connectivity index (χ2v) is 5.34. The van der Waals surface area contributed by atoms with Gasteiger partial charge in [0.1, 0.15) is 0 Å². The standard InChI is InChI=1S/C18H21N/c1-3-8-16(9-4-1)13-15-19-14-7-12-18(19)17-10-5-2-6-11-17/h1-6,8-11,18H,7,12-15H2/t18-/m0/s1. The molecule has 0 spiro atoms. The van der Waals surface area contributed by atoms with Crippen molar-refractivity contribution in [3.63, 3.8) is 0 Å². The molecule has 1 aliphatic heterocycles. The fraction of sp³-hybridized carbons (Fsp3) is 0.333. The first-order valence-corrected chi connectivity index (χ1v) is 7.26. The van der Waals surface area contributed by atoms with Gasteiger partial charge in [-0.2, -0.15) is 0 Å². The minimum atomic E-state index is 0.630. The molecule has 0 aliphatic carbocycles. The van der Waals surface area contributed by atoms with Crippen LogP contribution in [0.5, 0.6) is 0 Å². The highest BCUT2D eigenvalue weighted by atomic mass is 15.2. The van der Waals surface area contributed by atoms with E-state index in [4.69, 9.17) is 0 Å². The van der Waals surface area contributed by atoms with Crippen molar-refractivity contribution in [2.75, 3.05) is 13.1 Å². The molecule has 2 aromatic rings. The smallest absolute Gasteiger partial charge is 0.0348 e. The highest BCUT2D eigenvalue weighted by Gasteiger charge is 2.25. The van der Waals surface area contributed by atoms with Gasteiger partial charge in [-0.05, 0) is 36.9 Å². The molecule has 0 amide bonds. The lowest BCUT2D eigenvalue weighted by molar-refractivity contribution is 0.260. The molecular formula is C18H21N. The van der Waals surface area contributed by atoms with Gasteiger partial charge in [0.05, 0.1) is 0 Å². The average molecular weight is 251 g/mol. The van der Waals surface area contributed by atoms with Crippen LogP contribution in [0.25, 0.3) is 0 Å². The van der Waals surface area contributed by atoms with E-state index < -0.39 is 0 Å². The maximum Gasteiger partial charge on any atom is 0.0348 e. The van der Waals surface area contributed by atoms with Crippen LogP contribution < -0.4 is 0 Å². The van der Waals surface area contributed by atoms with Crippen LogP contribution in [0.2, 0.25) is 0 Å². The fourth-order valence-electron chi connectivity index (χ4n) is 3.06. The molecule has 1 saturated heterocycles. The van der Waals surface area contributed by atoms with Crippen LogP contribution in [0, 0.1) is 0 Å². The van der Waals surface area contributed by atoms with E-state index in [1.807, 2.05) is 0 Å².